The standard InChI is InChI=1S/C22H23ClN2O4/c1-3-13-5-7-17(23)16(4-2)21(13)24-22(27)14-9-20(26)25(11-14)15-6-8-18-19(10-15)29-12-28-18/h5-8,10,14H,3-4,9,11-12H2,1-2H3,(H,24,27)/t14-/m1/s1. The number of benzene rings is 2. The maximum absolute atomic E-state index is 13.0. The van der Waals surface area contributed by atoms with Crippen LogP contribution in [0.3, 0.4) is 0 Å². The summed E-state index contributed by atoms with van der Waals surface area (Å²) in [6.07, 6.45) is 1.67. The Kier molecular flexibility index (Phi) is 5.37. The van der Waals surface area contributed by atoms with Gasteiger partial charge in [-0.25, -0.2) is 0 Å². The van der Waals surface area contributed by atoms with Crippen LogP contribution in [0, 0.1) is 5.92 Å². The second-order valence-corrected chi connectivity index (χ2v) is 7.61. The zero-order chi connectivity index (χ0) is 20.5. The van der Waals surface area contributed by atoms with Crippen molar-refractivity contribution in [3.63, 3.8) is 0 Å². The van der Waals surface area contributed by atoms with E-state index >= 15 is 0 Å². The van der Waals surface area contributed by atoms with E-state index in [1.54, 1.807) is 17.0 Å². The molecule has 0 aromatic heterocycles. The van der Waals surface area contributed by atoms with Gasteiger partial charge in [-0.05, 0) is 42.2 Å². The highest BCUT2D eigenvalue weighted by atomic mass is 35.5. The first-order chi connectivity index (χ1) is 14.0. The molecule has 2 heterocycles. The molecule has 1 atom stereocenters. The van der Waals surface area contributed by atoms with E-state index in [4.69, 9.17) is 21.1 Å². The number of carbonyl (C=O) groups excluding carboxylic acids is 2. The maximum Gasteiger partial charge on any atom is 0.231 e. The summed E-state index contributed by atoms with van der Waals surface area (Å²) in [5.41, 5.74) is 3.45. The number of fused-ring (bicyclic) bond motifs is 1. The summed E-state index contributed by atoms with van der Waals surface area (Å²) in [7, 11) is 0. The summed E-state index contributed by atoms with van der Waals surface area (Å²) in [6, 6.07) is 9.19. The predicted octanol–water partition coefficient (Wildman–Crippen LogP) is 4.19. The second kappa shape index (κ2) is 7.95. The molecular weight excluding hydrogens is 392 g/mol. The van der Waals surface area contributed by atoms with Crippen molar-refractivity contribution < 1.29 is 19.1 Å². The Morgan fingerprint density at radius 1 is 1.17 bits per heavy atom. The molecule has 1 N–H and O–H groups in total. The molecule has 0 unspecified atom stereocenters. The summed E-state index contributed by atoms with van der Waals surface area (Å²) >= 11 is 6.34. The molecule has 2 aliphatic heterocycles. The lowest BCUT2D eigenvalue weighted by atomic mass is 10.0. The normalized spacial score (nSPS) is 17.7. The van der Waals surface area contributed by atoms with Crippen molar-refractivity contribution in [1.82, 2.24) is 0 Å². The summed E-state index contributed by atoms with van der Waals surface area (Å²) in [5, 5.41) is 3.69. The molecule has 0 spiro atoms. The molecule has 0 bridgehead atoms. The number of rotatable bonds is 5. The number of hydrogen-bond acceptors (Lipinski definition) is 4. The number of halogens is 1. The number of aryl methyl sites for hydroxylation is 1. The molecule has 0 aliphatic carbocycles. The quantitative estimate of drug-likeness (QED) is 0.796. The molecule has 2 aliphatic rings. The predicted molar refractivity (Wildman–Crippen MR) is 112 cm³/mol. The van der Waals surface area contributed by atoms with Crippen LogP contribution < -0.4 is 19.7 Å². The van der Waals surface area contributed by atoms with Crippen LogP contribution in [0.15, 0.2) is 30.3 Å². The first-order valence-electron chi connectivity index (χ1n) is 9.83. The Labute approximate surface area is 174 Å². The van der Waals surface area contributed by atoms with Crippen molar-refractivity contribution in [2.75, 3.05) is 23.6 Å². The van der Waals surface area contributed by atoms with Crippen LogP contribution in [-0.2, 0) is 22.4 Å². The molecule has 2 aromatic carbocycles. The molecule has 0 saturated carbocycles. The Balaban J connectivity index is 1.53. The number of carbonyl (C=O) groups is 2. The van der Waals surface area contributed by atoms with Crippen molar-refractivity contribution in [1.29, 1.82) is 0 Å². The molecule has 2 amide bonds. The van der Waals surface area contributed by atoms with Crippen molar-refractivity contribution in [3.8, 4) is 11.5 Å². The molecule has 1 fully saturated rings. The number of anilines is 2. The van der Waals surface area contributed by atoms with Crippen LogP contribution >= 0.6 is 11.6 Å². The Morgan fingerprint density at radius 2 is 1.97 bits per heavy atom. The Hall–Kier alpha value is -2.73. The van der Waals surface area contributed by atoms with Gasteiger partial charge in [0.2, 0.25) is 18.6 Å². The maximum atomic E-state index is 13.0. The van der Waals surface area contributed by atoms with E-state index < -0.39 is 5.92 Å². The van der Waals surface area contributed by atoms with Gasteiger partial charge in [-0.2, -0.15) is 0 Å². The van der Waals surface area contributed by atoms with Crippen LogP contribution in [0.25, 0.3) is 0 Å². The molecule has 152 valence electrons. The van der Waals surface area contributed by atoms with E-state index in [2.05, 4.69) is 5.32 Å². The van der Waals surface area contributed by atoms with E-state index in [0.717, 1.165) is 29.7 Å². The highest BCUT2D eigenvalue weighted by molar-refractivity contribution is 6.32. The van der Waals surface area contributed by atoms with Crippen LogP contribution in [0.2, 0.25) is 5.02 Å². The first kappa shape index (κ1) is 19.6. The van der Waals surface area contributed by atoms with Gasteiger partial charge in [0.25, 0.3) is 0 Å². The molecule has 7 heteroatoms. The average Bonchev–Trinajstić information content (AvgIpc) is 3.34. The fourth-order valence-corrected chi connectivity index (χ4v) is 4.17. The number of amides is 2. The molecule has 1 saturated heterocycles. The number of nitrogens with zero attached hydrogens (tertiary/aromatic N) is 1. The smallest absolute Gasteiger partial charge is 0.231 e. The Morgan fingerprint density at radius 3 is 2.72 bits per heavy atom. The largest absolute Gasteiger partial charge is 0.454 e. The minimum atomic E-state index is -0.429. The van der Waals surface area contributed by atoms with Crippen LogP contribution in [0.5, 0.6) is 11.5 Å². The zero-order valence-corrected chi connectivity index (χ0v) is 17.2. The summed E-state index contributed by atoms with van der Waals surface area (Å²) in [5.74, 6) is 0.605. The third kappa shape index (κ3) is 3.65. The highest BCUT2D eigenvalue weighted by Crippen LogP contribution is 2.37. The third-order valence-electron chi connectivity index (χ3n) is 5.49. The van der Waals surface area contributed by atoms with Crippen LogP contribution in [-0.4, -0.2) is 25.2 Å². The van der Waals surface area contributed by atoms with E-state index in [1.165, 1.54) is 0 Å². The van der Waals surface area contributed by atoms with Gasteiger partial charge in [-0.15, -0.1) is 0 Å². The number of ether oxygens (including phenoxy) is 2. The lowest BCUT2D eigenvalue weighted by molar-refractivity contribution is -0.122. The molecule has 4 rings (SSSR count). The van der Waals surface area contributed by atoms with E-state index in [1.807, 2.05) is 32.0 Å². The Bertz CT molecular complexity index is 976. The van der Waals surface area contributed by atoms with Crippen molar-refractivity contribution in [2.24, 2.45) is 5.92 Å². The highest BCUT2D eigenvalue weighted by Gasteiger charge is 2.36. The fraction of sp³-hybridized carbons (Fsp3) is 0.364. The lowest BCUT2D eigenvalue weighted by Crippen LogP contribution is -2.28. The van der Waals surface area contributed by atoms with E-state index in [9.17, 15) is 9.59 Å². The molecular formula is C22H23ClN2O4. The first-order valence-corrected chi connectivity index (χ1v) is 10.2. The topological polar surface area (TPSA) is 67.9 Å². The van der Waals surface area contributed by atoms with Crippen molar-refractivity contribution >= 4 is 34.8 Å². The van der Waals surface area contributed by atoms with Gasteiger partial charge < -0.3 is 19.7 Å². The average molecular weight is 415 g/mol. The summed E-state index contributed by atoms with van der Waals surface area (Å²) < 4.78 is 10.7. The van der Waals surface area contributed by atoms with Crippen molar-refractivity contribution in [2.45, 2.75) is 33.1 Å². The zero-order valence-electron chi connectivity index (χ0n) is 16.5. The summed E-state index contributed by atoms with van der Waals surface area (Å²) in [4.78, 5) is 27.2. The van der Waals surface area contributed by atoms with Gasteiger partial charge in [0.05, 0.1) is 5.92 Å². The molecule has 29 heavy (non-hydrogen) atoms. The third-order valence-corrected chi connectivity index (χ3v) is 5.84. The van der Waals surface area contributed by atoms with Gasteiger partial charge in [0.15, 0.2) is 11.5 Å². The molecule has 0 radical (unpaired) electrons. The second-order valence-electron chi connectivity index (χ2n) is 7.20. The van der Waals surface area contributed by atoms with E-state index in [-0.39, 0.29) is 25.0 Å². The van der Waals surface area contributed by atoms with Crippen molar-refractivity contribution in [3.05, 3.63) is 46.5 Å². The number of hydrogen-bond donors (Lipinski definition) is 1. The van der Waals surface area contributed by atoms with Crippen LogP contribution in [0.1, 0.15) is 31.4 Å². The van der Waals surface area contributed by atoms with Gasteiger partial charge in [0.1, 0.15) is 0 Å². The summed E-state index contributed by atoms with van der Waals surface area (Å²) in [6.45, 7) is 4.56. The van der Waals surface area contributed by atoms with E-state index in [0.29, 0.717) is 28.8 Å². The van der Waals surface area contributed by atoms with Crippen LogP contribution in [0.4, 0.5) is 11.4 Å². The van der Waals surface area contributed by atoms with Gasteiger partial charge in [-0.1, -0.05) is 31.5 Å². The van der Waals surface area contributed by atoms with Gasteiger partial charge in [-0.3, -0.25) is 9.59 Å². The SMILES string of the molecule is CCc1ccc(Cl)c(CC)c1NC(=O)[C@@H]1CC(=O)N(c2ccc3c(c2)OCO3)C1. The van der Waals surface area contributed by atoms with Gasteiger partial charge >= 0.3 is 0 Å². The molecule has 6 nitrogen and oxygen atoms in total. The van der Waals surface area contributed by atoms with Gasteiger partial charge in [0, 0.05) is 35.4 Å². The monoisotopic (exact) mass is 414 g/mol. The molecule has 2 aromatic rings. The lowest BCUT2D eigenvalue weighted by Gasteiger charge is -2.19. The minimum absolute atomic E-state index is 0.0819. The minimum Gasteiger partial charge on any atom is -0.454 e. The number of nitrogens with one attached hydrogen (secondary N) is 1. The fourth-order valence-electron chi connectivity index (χ4n) is 3.88.